The number of rotatable bonds is 5. The topological polar surface area (TPSA) is 49.5 Å². The maximum Gasteiger partial charge on any atom is 0.208 e. The average molecular weight is 240 g/mol. The molecule has 0 amide bonds. The summed E-state index contributed by atoms with van der Waals surface area (Å²) in [5, 5.41) is 9.21. The summed E-state index contributed by atoms with van der Waals surface area (Å²) in [5.74, 6) is 1.65. The number of aliphatic hydroxyl groups is 1. The van der Waals surface area contributed by atoms with Crippen LogP contribution in [0.4, 0.5) is 0 Å². The molecule has 0 aromatic carbocycles. The Morgan fingerprint density at radius 1 is 1.47 bits per heavy atom. The van der Waals surface area contributed by atoms with Gasteiger partial charge in [0, 0.05) is 12.0 Å². The minimum Gasteiger partial charge on any atom is -0.444 e. The van der Waals surface area contributed by atoms with Crippen LogP contribution in [0.15, 0.2) is 10.6 Å². The van der Waals surface area contributed by atoms with Gasteiger partial charge in [0.2, 0.25) is 5.89 Å². The second-order valence-electron chi connectivity index (χ2n) is 5.74. The van der Waals surface area contributed by atoms with E-state index in [2.05, 4.69) is 30.7 Å². The molecule has 0 radical (unpaired) electrons. The first kappa shape index (κ1) is 14.2. The highest BCUT2D eigenvalue weighted by Crippen LogP contribution is 2.22. The first-order valence-electron chi connectivity index (χ1n) is 6.11. The molecule has 1 N–H and O–H groups in total. The second kappa shape index (κ2) is 5.65. The highest BCUT2D eigenvalue weighted by molar-refractivity contribution is 5.05. The van der Waals surface area contributed by atoms with Crippen LogP contribution in [0, 0.1) is 0 Å². The zero-order chi connectivity index (χ0) is 13.1. The van der Waals surface area contributed by atoms with Crippen LogP contribution >= 0.6 is 0 Å². The number of hydrogen-bond acceptors (Lipinski definition) is 4. The van der Waals surface area contributed by atoms with Gasteiger partial charge < -0.3 is 9.52 Å². The lowest BCUT2D eigenvalue weighted by atomic mass is 9.94. The van der Waals surface area contributed by atoms with Crippen molar-refractivity contribution in [3.63, 3.8) is 0 Å². The maximum atomic E-state index is 9.21. The van der Waals surface area contributed by atoms with E-state index < -0.39 is 0 Å². The van der Waals surface area contributed by atoms with Crippen molar-refractivity contribution in [1.82, 2.24) is 9.88 Å². The molecule has 0 aliphatic rings. The van der Waals surface area contributed by atoms with E-state index in [9.17, 15) is 5.11 Å². The minimum atomic E-state index is -0.257. The molecule has 17 heavy (non-hydrogen) atoms. The molecule has 98 valence electrons. The molecule has 4 heteroatoms. The van der Waals surface area contributed by atoms with Gasteiger partial charge in [0.25, 0.3) is 0 Å². The largest absolute Gasteiger partial charge is 0.444 e. The van der Waals surface area contributed by atoms with Gasteiger partial charge in [-0.2, -0.15) is 0 Å². The van der Waals surface area contributed by atoms with Gasteiger partial charge >= 0.3 is 0 Å². The number of oxazole rings is 1. The molecule has 4 nitrogen and oxygen atoms in total. The van der Waals surface area contributed by atoms with E-state index in [0.29, 0.717) is 6.54 Å². The van der Waals surface area contributed by atoms with E-state index in [0.717, 1.165) is 24.6 Å². The molecule has 1 atom stereocenters. The van der Waals surface area contributed by atoms with E-state index >= 15 is 0 Å². The van der Waals surface area contributed by atoms with E-state index in [4.69, 9.17) is 4.42 Å². The van der Waals surface area contributed by atoms with Gasteiger partial charge in [0.15, 0.2) is 0 Å². The molecule has 1 heterocycles. The van der Waals surface area contributed by atoms with Crippen molar-refractivity contribution in [2.75, 3.05) is 13.6 Å². The van der Waals surface area contributed by atoms with Crippen LogP contribution < -0.4 is 0 Å². The highest BCUT2D eigenvalue weighted by Gasteiger charge is 2.19. The van der Waals surface area contributed by atoms with Crippen LogP contribution in [0.1, 0.15) is 45.8 Å². The lowest BCUT2D eigenvalue weighted by Crippen LogP contribution is -2.22. The van der Waals surface area contributed by atoms with Gasteiger partial charge in [-0.3, -0.25) is 4.90 Å². The number of nitrogens with zero attached hydrogens (tertiary/aromatic N) is 2. The lowest BCUT2D eigenvalue weighted by molar-refractivity contribution is 0.159. The van der Waals surface area contributed by atoms with Crippen LogP contribution in [0.3, 0.4) is 0 Å². The smallest absolute Gasteiger partial charge is 0.208 e. The van der Waals surface area contributed by atoms with E-state index in [-0.39, 0.29) is 11.5 Å². The van der Waals surface area contributed by atoms with Crippen LogP contribution in [0.5, 0.6) is 0 Å². The van der Waals surface area contributed by atoms with Crippen LogP contribution in [0.2, 0.25) is 0 Å². The van der Waals surface area contributed by atoms with E-state index in [1.54, 1.807) is 13.1 Å². The van der Waals surface area contributed by atoms with Crippen molar-refractivity contribution >= 4 is 0 Å². The molecule has 0 spiro atoms. The summed E-state index contributed by atoms with van der Waals surface area (Å²) in [6.45, 7) is 9.64. The van der Waals surface area contributed by atoms with Gasteiger partial charge in [-0.25, -0.2) is 4.98 Å². The van der Waals surface area contributed by atoms with Crippen LogP contribution in [-0.2, 0) is 12.0 Å². The normalized spacial score (nSPS) is 14.3. The maximum absolute atomic E-state index is 9.21. The second-order valence-corrected chi connectivity index (χ2v) is 5.74. The third-order valence-corrected chi connectivity index (χ3v) is 2.63. The third kappa shape index (κ3) is 4.88. The first-order chi connectivity index (χ1) is 7.79. The Kier molecular flexibility index (Phi) is 4.71. The number of hydrogen-bond donors (Lipinski definition) is 1. The fourth-order valence-electron chi connectivity index (χ4n) is 1.45. The fourth-order valence-corrected chi connectivity index (χ4v) is 1.45. The summed E-state index contributed by atoms with van der Waals surface area (Å²) in [5.41, 5.74) is 0.00341. The molecular formula is C13H24N2O2. The van der Waals surface area contributed by atoms with Crippen LogP contribution in [0.25, 0.3) is 0 Å². The average Bonchev–Trinajstić information content (AvgIpc) is 2.62. The van der Waals surface area contributed by atoms with E-state index in [1.807, 2.05) is 7.05 Å². The molecule has 0 saturated heterocycles. The third-order valence-electron chi connectivity index (χ3n) is 2.63. The molecular weight excluding hydrogens is 216 g/mol. The molecule has 0 fully saturated rings. The van der Waals surface area contributed by atoms with Crippen molar-refractivity contribution in [1.29, 1.82) is 0 Å². The summed E-state index contributed by atoms with van der Waals surface area (Å²) in [6.07, 6.45) is 2.31. The standard InChI is InChI=1S/C13H24N2O2/c1-10(16)6-7-15(5)9-12-14-8-11(17-12)13(2,3)4/h8,10,16H,6-7,9H2,1-5H3. The summed E-state index contributed by atoms with van der Waals surface area (Å²) >= 11 is 0. The Hall–Kier alpha value is -0.870. The Labute approximate surface area is 104 Å². The van der Waals surface area contributed by atoms with Gasteiger partial charge in [0.1, 0.15) is 5.76 Å². The summed E-state index contributed by atoms with van der Waals surface area (Å²) in [7, 11) is 2.00. The number of aromatic nitrogens is 1. The quantitative estimate of drug-likeness (QED) is 0.857. The molecule has 1 rings (SSSR count). The van der Waals surface area contributed by atoms with Crippen molar-refractivity contribution in [2.45, 2.75) is 52.2 Å². The fraction of sp³-hybridized carbons (Fsp3) is 0.769. The first-order valence-corrected chi connectivity index (χ1v) is 6.11. The van der Waals surface area contributed by atoms with Crippen molar-refractivity contribution in [3.8, 4) is 0 Å². The molecule has 0 aliphatic carbocycles. The van der Waals surface area contributed by atoms with Crippen molar-refractivity contribution < 1.29 is 9.52 Å². The highest BCUT2D eigenvalue weighted by atomic mass is 16.4. The van der Waals surface area contributed by atoms with Gasteiger partial charge in [-0.05, 0) is 20.4 Å². The van der Waals surface area contributed by atoms with Gasteiger partial charge in [0.05, 0.1) is 18.8 Å². The Balaban J connectivity index is 2.49. The molecule has 1 aromatic heterocycles. The van der Waals surface area contributed by atoms with Gasteiger partial charge in [-0.15, -0.1) is 0 Å². The molecule has 1 unspecified atom stereocenters. The predicted molar refractivity (Wildman–Crippen MR) is 67.8 cm³/mol. The molecule has 0 aliphatic heterocycles. The molecule has 1 aromatic rings. The summed E-state index contributed by atoms with van der Waals surface area (Å²) in [4.78, 5) is 6.38. The Morgan fingerprint density at radius 3 is 2.59 bits per heavy atom. The monoisotopic (exact) mass is 240 g/mol. The zero-order valence-electron chi connectivity index (χ0n) is 11.5. The lowest BCUT2D eigenvalue weighted by Gasteiger charge is -2.16. The Morgan fingerprint density at radius 2 is 2.12 bits per heavy atom. The van der Waals surface area contributed by atoms with Crippen molar-refractivity contribution in [2.24, 2.45) is 0 Å². The predicted octanol–water partition coefficient (Wildman–Crippen LogP) is 2.17. The molecule has 0 bridgehead atoms. The summed E-state index contributed by atoms with van der Waals surface area (Å²) in [6, 6.07) is 0. The number of aliphatic hydroxyl groups excluding tert-OH is 1. The van der Waals surface area contributed by atoms with Crippen molar-refractivity contribution in [3.05, 3.63) is 17.8 Å². The van der Waals surface area contributed by atoms with Crippen LogP contribution in [-0.4, -0.2) is 34.7 Å². The zero-order valence-corrected chi connectivity index (χ0v) is 11.5. The minimum absolute atomic E-state index is 0.00341. The summed E-state index contributed by atoms with van der Waals surface area (Å²) < 4.78 is 5.71. The van der Waals surface area contributed by atoms with E-state index in [1.165, 1.54) is 0 Å². The molecule has 0 saturated carbocycles. The SMILES string of the molecule is CC(O)CCN(C)Cc1ncc(C(C)(C)C)o1. The Bertz CT molecular complexity index is 339. The van der Waals surface area contributed by atoms with Gasteiger partial charge in [-0.1, -0.05) is 20.8 Å².